The summed E-state index contributed by atoms with van der Waals surface area (Å²) >= 11 is 0. The van der Waals surface area contributed by atoms with Gasteiger partial charge < -0.3 is 24.0 Å². The van der Waals surface area contributed by atoms with Gasteiger partial charge in [0.2, 0.25) is 6.80 Å². The predicted molar refractivity (Wildman–Crippen MR) is 31.8 cm³/mol. The van der Waals surface area contributed by atoms with E-state index in [1.807, 2.05) is 0 Å². The van der Waals surface area contributed by atoms with Gasteiger partial charge in [-0.25, -0.2) is 0 Å². The maximum absolute atomic E-state index is 11.8. The molecule has 0 aliphatic carbocycles. The molecule has 9 heavy (non-hydrogen) atoms. The summed E-state index contributed by atoms with van der Waals surface area (Å²) in [6, 6.07) is 0. The standard InChI is InChI=1S/C6H11FN.HI/c1-4-5-8(2,3)6-7;/h1H,5-6H2,2-3H3;1H/q+1;/p-1. The van der Waals surface area contributed by atoms with Gasteiger partial charge in [-0.1, -0.05) is 0 Å². The molecule has 0 unspecified atom stereocenters. The Morgan fingerprint density at radius 1 is 1.56 bits per heavy atom. The summed E-state index contributed by atoms with van der Waals surface area (Å²) in [6.45, 7) is 0.0562. The number of terminal acetylenes is 1. The second-order valence-electron chi connectivity index (χ2n) is 2.42. The van der Waals surface area contributed by atoms with Crippen molar-refractivity contribution in [3.8, 4) is 12.3 Å². The van der Waals surface area contributed by atoms with Crippen LogP contribution >= 0.6 is 0 Å². The zero-order valence-electron chi connectivity index (χ0n) is 5.69. The number of hydrogen-bond acceptors (Lipinski definition) is 0. The second kappa shape index (κ2) is 5.00. The summed E-state index contributed by atoms with van der Waals surface area (Å²) < 4.78 is 12.1. The molecule has 0 saturated carbocycles. The number of hydrogen-bond donors (Lipinski definition) is 0. The summed E-state index contributed by atoms with van der Waals surface area (Å²) in [4.78, 5) is 0. The first-order chi connectivity index (χ1) is 3.62. The van der Waals surface area contributed by atoms with Crippen LogP contribution in [0, 0.1) is 12.3 Å². The Bertz CT molecular complexity index is 106. The van der Waals surface area contributed by atoms with E-state index in [0.29, 0.717) is 6.54 Å². The maximum atomic E-state index is 11.8. The lowest BCUT2D eigenvalue weighted by molar-refractivity contribution is -0.895. The van der Waals surface area contributed by atoms with Crippen molar-refractivity contribution in [2.75, 3.05) is 27.4 Å². The van der Waals surface area contributed by atoms with Crippen LogP contribution in [-0.2, 0) is 0 Å². The van der Waals surface area contributed by atoms with Crippen molar-refractivity contribution in [3.05, 3.63) is 0 Å². The smallest absolute Gasteiger partial charge is 0.222 e. The van der Waals surface area contributed by atoms with Gasteiger partial charge in [0.15, 0.2) is 0 Å². The molecule has 0 saturated heterocycles. The van der Waals surface area contributed by atoms with E-state index in [4.69, 9.17) is 6.42 Å². The summed E-state index contributed by atoms with van der Waals surface area (Å²) in [5, 5.41) is 0. The molecule has 0 rings (SSSR count). The highest BCUT2D eigenvalue weighted by Gasteiger charge is 2.09. The van der Waals surface area contributed by atoms with Crippen LogP contribution in [0.15, 0.2) is 0 Å². The molecule has 3 heteroatoms. The Labute approximate surface area is 72.8 Å². The van der Waals surface area contributed by atoms with E-state index in [2.05, 4.69) is 5.92 Å². The van der Waals surface area contributed by atoms with Crippen LogP contribution in [0.4, 0.5) is 4.39 Å². The van der Waals surface area contributed by atoms with Crippen molar-refractivity contribution < 1.29 is 32.9 Å². The van der Waals surface area contributed by atoms with Gasteiger partial charge in [-0.15, -0.1) is 6.42 Å². The Kier molecular flexibility index (Phi) is 6.62. The average Bonchev–Trinajstić information content (AvgIpc) is 1.67. The molecule has 0 atom stereocenters. The number of quaternary nitrogens is 1. The molecule has 0 spiro atoms. The number of alkyl halides is 1. The van der Waals surface area contributed by atoms with Crippen LogP contribution < -0.4 is 24.0 Å². The minimum absolute atomic E-state index is 0. The fourth-order valence-corrected chi connectivity index (χ4v) is 0.289. The topological polar surface area (TPSA) is 0 Å². The van der Waals surface area contributed by atoms with Crippen LogP contribution in [0.2, 0.25) is 0 Å². The third kappa shape index (κ3) is 6.06. The van der Waals surface area contributed by atoms with Crippen molar-refractivity contribution in [2.24, 2.45) is 0 Å². The molecular weight excluding hydrogens is 232 g/mol. The van der Waals surface area contributed by atoms with E-state index in [1.165, 1.54) is 0 Å². The van der Waals surface area contributed by atoms with Gasteiger partial charge in [-0.05, 0) is 5.92 Å². The second-order valence-corrected chi connectivity index (χ2v) is 2.42. The molecule has 0 fully saturated rings. The van der Waals surface area contributed by atoms with E-state index in [9.17, 15) is 4.39 Å². The first-order valence-electron chi connectivity index (χ1n) is 2.44. The van der Waals surface area contributed by atoms with Crippen LogP contribution in [0.5, 0.6) is 0 Å². The highest BCUT2D eigenvalue weighted by Crippen LogP contribution is 1.93. The van der Waals surface area contributed by atoms with Gasteiger partial charge in [0.1, 0.15) is 6.54 Å². The van der Waals surface area contributed by atoms with Crippen LogP contribution in [0.3, 0.4) is 0 Å². The quantitative estimate of drug-likeness (QED) is 0.220. The zero-order chi connectivity index (χ0) is 6.62. The molecule has 0 aliphatic heterocycles. The van der Waals surface area contributed by atoms with Gasteiger partial charge in [0.25, 0.3) is 0 Å². The molecular formula is C6H11FIN. The molecule has 0 aliphatic rings. The number of nitrogens with zero attached hydrogens (tertiary/aromatic N) is 1. The van der Waals surface area contributed by atoms with Crippen LogP contribution in [-0.4, -0.2) is 31.9 Å². The normalized spacial score (nSPS) is 9.56. The highest BCUT2D eigenvalue weighted by atomic mass is 127. The molecule has 54 valence electrons. The molecule has 0 aromatic rings. The maximum Gasteiger partial charge on any atom is 0.222 e. The molecule has 0 bridgehead atoms. The first-order valence-corrected chi connectivity index (χ1v) is 2.44. The molecule has 0 heterocycles. The Morgan fingerprint density at radius 3 is 2.11 bits per heavy atom. The van der Waals surface area contributed by atoms with E-state index >= 15 is 0 Å². The largest absolute Gasteiger partial charge is 1.00 e. The predicted octanol–water partition coefficient (Wildman–Crippen LogP) is -2.37. The minimum Gasteiger partial charge on any atom is -1.00 e. The highest BCUT2D eigenvalue weighted by molar-refractivity contribution is 4.82. The van der Waals surface area contributed by atoms with Crippen LogP contribution in [0.25, 0.3) is 0 Å². The molecule has 0 aromatic heterocycles. The lowest BCUT2D eigenvalue weighted by atomic mass is 10.5. The minimum atomic E-state index is -0.399. The van der Waals surface area contributed by atoms with Crippen molar-refractivity contribution in [1.82, 2.24) is 0 Å². The van der Waals surface area contributed by atoms with Gasteiger partial charge in [-0.2, -0.15) is 4.39 Å². The fourth-order valence-electron chi connectivity index (χ4n) is 0.289. The molecule has 0 amide bonds. The van der Waals surface area contributed by atoms with Crippen molar-refractivity contribution in [2.45, 2.75) is 0 Å². The van der Waals surface area contributed by atoms with Gasteiger partial charge in [0.05, 0.1) is 14.1 Å². The lowest BCUT2D eigenvalue weighted by Crippen LogP contribution is -3.00. The molecule has 0 N–H and O–H groups in total. The van der Waals surface area contributed by atoms with Crippen molar-refractivity contribution in [3.63, 3.8) is 0 Å². The number of rotatable bonds is 2. The third-order valence-corrected chi connectivity index (χ3v) is 0.843. The monoisotopic (exact) mass is 243 g/mol. The van der Waals surface area contributed by atoms with E-state index in [0.717, 1.165) is 0 Å². The summed E-state index contributed by atoms with van der Waals surface area (Å²) in [5.74, 6) is 2.39. The summed E-state index contributed by atoms with van der Waals surface area (Å²) in [6.07, 6.45) is 4.96. The van der Waals surface area contributed by atoms with Crippen LogP contribution in [0.1, 0.15) is 0 Å². The molecule has 1 nitrogen and oxygen atoms in total. The number of halogens is 2. The lowest BCUT2D eigenvalue weighted by Gasteiger charge is -2.22. The first kappa shape index (κ1) is 11.9. The van der Waals surface area contributed by atoms with Gasteiger partial charge >= 0.3 is 0 Å². The SMILES string of the molecule is C#CC[N+](C)(C)CF.[I-]. The summed E-state index contributed by atoms with van der Waals surface area (Å²) in [5.41, 5.74) is 0. The van der Waals surface area contributed by atoms with Gasteiger partial charge in [0, 0.05) is 0 Å². The van der Waals surface area contributed by atoms with E-state index in [1.54, 1.807) is 14.1 Å². The van der Waals surface area contributed by atoms with Gasteiger partial charge in [-0.3, -0.25) is 4.48 Å². The third-order valence-electron chi connectivity index (χ3n) is 0.843. The Morgan fingerprint density at radius 2 is 2.00 bits per heavy atom. The van der Waals surface area contributed by atoms with Crippen molar-refractivity contribution >= 4 is 0 Å². The van der Waals surface area contributed by atoms with E-state index in [-0.39, 0.29) is 28.5 Å². The molecule has 0 radical (unpaired) electrons. The summed E-state index contributed by atoms with van der Waals surface area (Å²) in [7, 11) is 3.50. The fraction of sp³-hybridized carbons (Fsp3) is 0.667. The van der Waals surface area contributed by atoms with Crippen molar-refractivity contribution in [1.29, 1.82) is 0 Å². The van der Waals surface area contributed by atoms with E-state index < -0.39 is 6.80 Å². The Hall–Kier alpha value is 0.180. The zero-order valence-corrected chi connectivity index (χ0v) is 7.85. The Balaban J connectivity index is 0. The average molecular weight is 243 g/mol. The molecule has 0 aromatic carbocycles.